The van der Waals surface area contributed by atoms with Gasteiger partial charge in [-0.3, -0.25) is 0 Å². The highest BCUT2D eigenvalue weighted by atomic mass is 19.1. The molecular weight excluding hydrogens is 314 g/mol. The summed E-state index contributed by atoms with van der Waals surface area (Å²) in [7, 11) is 0. The smallest absolute Gasteiger partial charge is 0.315 e. The van der Waals surface area contributed by atoms with Crippen LogP contribution in [0.25, 0.3) is 0 Å². The molecule has 0 spiro atoms. The lowest BCUT2D eigenvalue weighted by Gasteiger charge is -2.13. The lowest BCUT2D eigenvalue weighted by atomic mass is 10.1. The summed E-state index contributed by atoms with van der Waals surface area (Å²) in [5.41, 5.74) is 1.13. The molecule has 6 heteroatoms. The molecule has 24 heavy (non-hydrogen) atoms. The number of rotatable bonds is 5. The Labute approximate surface area is 138 Å². The molecule has 0 radical (unpaired) electrons. The Hall–Kier alpha value is -2.47. The molecule has 3 rings (SSSR count). The van der Waals surface area contributed by atoms with Crippen LogP contribution in [0.1, 0.15) is 29.6 Å². The first-order valence-corrected chi connectivity index (χ1v) is 7.77. The second-order valence-corrected chi connectivity index (χ2v) is 5.89. The number of carbonyl (C=O) groups is 1. The number of aliphatic hydroxyl groups excluding tert-OH is 1. The minimum atomic E-state index is -0.919. The normalized spacial score (nSPS) is 20.3. The van der Waals surface area contributed by atoms with Gasteiger partial charge in [-0.25, -0.2) is 13.6 Å². The summed E-state index contributed by atoms with van der Waals surface area (Å²) in [4.78, 5) is 11.9. The SMILES string of the molecule is O=C(NCC(O)c1ccc(F)cc1)NC1CC1c1ccccc1F. The van der Waals surface area contributed by atoms with Crippen LogP contribution in [-0.4, -0.2) is 23.7 Å². The Balaban J connectivity index is 1.45. The van der Waals surface area contributed by atoms with E-state index in [1.165, 1.54) is 30.3 Å². The molecule has 3 N–H and O–H groups in total. The topological polar surface area (TPSA) is 61.4 Å². The Bertz CT molecular complexity index is 721. The van der Waals surface area contributed by atoms with Crippen LogP contribution in [0.2, 0.25) is 0 Å². The van der Waals surface area contributed by atoms with Crippen molar-refractivity contribution in [2.45, 2.75) is 24.5 Å². The summed E-state index contributed by atoms with van der Waals surface area (Å²) < 4.78 is 26.5. The molecule has 1 aliphatic rings. The van der Waals surface area contributed by atoms with Crippen molar-refractivity contribution in [2.24, 2.45) is 0 Å². The fourth-order valence-electron chi connectivity index (χ4n) is 2.69. The van der Waals surface area contributed by atoms with Gasteiger partial charge in [0.2, 0.25) is 0 Å². The van der Waals surface area contributed by atoms with Gasteiger partial charge in [0, 0.05) is 18.5 Å². The highest BCUT2D eigenvalue weighted by Crippen LogP contribution is 2.41. The zero-order valence-electron chi connectivity index (χ0n) is 12.9. The van der Waals surface area contributed by atoms with Gasteiger partial charge >= 0.3 is 6.03 Å². The zero-order valence-corrected chi connectivity index (χ0v) is 12.9. The molecule has 2 aromatic rings. The molecule has 1 fully saturated rings. The van der Waals surface area contributed by atoms with Crippen LogP contribution < -0.4 is 10.6 Å². The molecule has 0 aliphatic heterocycles. The van der Waals surface area contributed by atoms with Crippen LogP contribution in [0.4, 0.5) is 13.6 Å². The Morgan fingerprint density at radius 2 is 1.88 bits per heavy atom. The minimum Gasteiger partial charge on any atom is -0.387 e. The summed E-state index contributed by atoms with van der Waals surface area (Å²) in [6, 6.07) is 11.4. The van der Waals surface area contributed by atoms with Crippen molar-refractivity contribution in [1.29, 1.82) is 0 Å². The van der Waals surface area contributed by atoms with Crippen molar-refractivity contribution in [1.82, 2.24) is 10.6 Å². The molecule has 3 atom stereocenters. The van der Waals surface area contributed by atoms with E-state index < -0.39 is 12.1 Å². The Morgan fingerprint density at radius 3 is 2.58 bits per heavy atom. The highest BCUT2D eigenvalue weighted by Gasteiger charge is 2.40. The van der Waals surface area contributed by atoms with Gasteiger partial charge < -0.3 is 15.7 Å². The van der Waals surface area contributed by atoms with Gasteiger partial charge in [0.25, 0.3) is 0 Å². The van der Waals surface area contributed by atoms with Crippen LogP contribution in [0.3, 0.4) is 0 Å². The van der Waals surface area contributed by atoms with Gasteiger partial charge in [-0.2, -0.15) is 0 Å². The number of nitrogens with one attached hydrogen (secondary N) is 2. The first-order valence-electron chi connectivity index (χ1n) is 7.77. The number of amides is 2. The largest absolute Gasteiger partial charge is 0.387 e. The second-order valence-electron chi connectivity index (χ2n) is 5.89. The third-order valence-corrected chi connectivity index (χ3v) is 4.12. The van der Waals surface area contributed by atoms with E-state index >= 15 is 0 Å². The van der Waals surface area contributed by atoms with Gasteiger partial charge in [-0.05, 0) is 35.7 Å². The van der Waals surface area contributed by atoms with Gasteiger partial charge in [0.05, 0.1) is 6.10 Å². The third kappa shape index (κ3) is 3.89. The van der Waals surface area contributed by atoms with Gasteiger partial charge in [-0.15, -0.1) is 0 Å². The monoisotopic (exact) mass is 332 g/mol. The van der Waals surface area contributed by atoms with Crippen molar-refractivity contribution in [3.05, 3.63) is 71.3 Å². The third-order valence-electron chi connectivity index (χ3n) is 4.12. The van der Waals surface area contributed by atoms with E-state index in [1.807, 2.05) is 0 Å². The average Bonchev–Trinajstić information content (AvgIpc) is 3.32. The van der Waals surface area contributed by atoms with Gasteiger partial charge in [0.15, 0.2) is 0 Å². The first-order chi connectivity index (χ1) is 11.5. The quantitative estimate of drug-likeness (QED) is 0.788. The fourth-order valence-corrected chi connectivity index (χ4v) is 2.69. The molecule has 4 nitrogen and oxygen atoms in total. The average molecular weight is 332 g/mol. The van der Waals surface area contributed by atoms with Crippen molar-refractivity contribution in [3.8, 4) is 0 Å². The fraction of sp³-hybridized carbons (Fsp3) is 0.278. The van der Waals surface area contributed by atoms with Crippen molar-refractivity contribution < 1.29 is 18.7 Å². The molecule has 0 bridgehead atoms. The molecule has 2 amide bonds. The summed E-state index contributed by atoms with van der Waals surface area (Å²) in [5, 5.41) is 15.3. The minimum absolute atomic E-state index is 0.00848. The van der Waals surface area contributed by atoms with E-state index in [2.05, 4.69) is 10.6 Å². The molecule has 0 saturated heterocycles. The summed E-state index contributed by atoms with van der Waals surface area (Å²) >= 11 is 0. The van der Waals surface area contributed by atoms with Crippen LogP contribution in [0.15, 0.2) is 48.5 Å². The van der Waals surface area contributed by atoms with Crippen molar-refractivity contribution >= 4 is 6.03 Å². The van der Waals surface area contributed by atoms with E-state index in [0.717, 1.165) is 0 Å². The molecule has 1 aliphatic carbocycles. The van der Waals surface area contributed by atoms with E-state index in [4.69, 9.17) is 0 Å². The maximum Gasteiger partial charge on any atom is 0.315 e. The van der Waals surface area contributed by atoms with Gasteiger partial charge in [-0.1, -0.05) is 30.3 Å². The maximum absolute atomic E-state index is 13.7. The molecule has 0 heterocycles. The maximum atomic E-state index is 13.7. The number of hydrogen-bond acceptors (Lipinski definition) is 2. The predicted octanol–water partition coefficient (Wildman–Crippen LogP) is 2.85. The zero-order chi connectivity index (χ0) is 17.1. The highest BCUT2D eigenvalue weighted by molar-refractivity contribution is 5.75. The number of halogens is 2. The Morgan fingerprint density at radius 1 is 1.17 bits per heavy atom. The molecular formula is C18H18F2N2O2. The molecule has 2 aromatic carbocycles. The Kier molecular flexibility index (Phi) is 4.76. The van der Waals surface area contributed by atoms with Crippen LogP contribution in [0, 0.1) is 11.6 Å². The lowest BCUT2D eigenvalue weighted by molar-refractivity contribution is 0.173. The first kappa shape index (κ1) is 16.4. The van der Waals surface area contributed by atoms with Crippen molar-refractivity contribution in [2.75, 3.05) is 6.54 Å². The molecule has 0 aromatic heterocycles. The number of aliphatic hydroxyl groups is 1. The van der Waals surface area contributed by atoms with Crippen LogP contribution in [0.5, 0.6) is 0 Å². The molecule has 1 saturated carbocycles. The molecule has 126 valence electrons. The van der Waals surface area contributed by atoms with E-state index in [0.29, 0.717) is 17.5 Å². The number of hydrogen-bond donors (Lipinski definition) is 3. The standard InChI is InChI=1S/C18H18F2N2O2/c19-12-7-5-11(6-8-12)17(23)10-21-18(24)22-16-9-14(16)13-3-1-2-4-15(13)20/h1-8,14,16-17,23H,9-10H2,(H2,21,22,24). The second kappa shape index (κ2) is 6.97. The summed E-state index contributed by atoms with van der Waals surface area (Å²) in [6.07, 6.45) is -0.229. The lowest BCUT2D eigenvalue weighted by Crippen LogP contribution is -2.39. The van der Waals surface area contributed by atoms with E-state index in [-0.39, 0.29) is 30.1 Å². The predicted molar refractivity (Wildman–Crippen MR) is 85.4 cm³/mol. The summed E-state index contributed by atoms with van der Waals surface area (Å²) in [5.74, 6) is -0.664. The van der Waals surface area contributed by atoms with E-state index in [9.17, 15) is 18.7 Å². The number of carbonyl (C=O) groups excluding carboxylic acids is 1. The van der Waals surface area contributed by atoms with Gasteiger partial charge in [0.1, 0.15) is 11.6 Å². The van der Waals surface area contributed by atoms with Crippen LogP contribution in [-0.2, 0) is 0 Å². The van der Waals surface area contributed by atoms with Crippen LogP contribution >= 0.6 is 0 Å². The van der Waals surface area contributed by atoms with E-state index in [1.54, 1.807) is 18.2 Å². The number of urea groups is 1. The molecule has 3 unspecified atom stereocenters. The number of benzene rings is 2. The summed E-state index contributed by atoms with van der Waals surface area (Å²) in [6.45, 7) is 0.00848. The van der Waals surface area contributed by atoms with Crippen molar-refractivity contribution in [3.63, 3.8) is 0 Å².